The molecule has 3 aliphatic heterocycles. The van der Waals surface area contributed by atoms with E-state index in [-0.39, 0.29) is 17.3 Å². The summed E-state index contributed by atoms with van der Waals surface area (Å²) in [7, 11) is 0. The van der Waals surface area contributed by atoms with Crippen LogP contribution >= 0.6 is 11.6 Å². The molecule has 1 saturated heterocycles. The highest BCUT2D eigenvalue weighted by atomic mass is 35.5. The molecule has 4 aromatic rings. The van der Waals surface area contributed by atoms with E-state index in [0.29, 0.717) is 21.8 Å². The third-order valence-corrected chi connectivity index (χ3v) is 8.94. The number of para-hydroxylation sites is 2. The van der Waals surface area contributed by atoms with Crippen LogP contribution in [0.1, 0.15) is 38.8 Å². The van der Waals surface area contributed by atoms with Crippen LogP contribution in [0.2, 0.25) is 5.02 Å². The van der Waals surface area contributed by atoms with Crippen molar-refractivity contribution in [2.24, 2.45) is 5.92 Å². The van der Waals surface area contributed by atoms with E-state index in [2.05, 4.69) is 5.32 Å². The number of ketones is 2. The van der Waals surface area contributed by atoms with Crippen LogP contribution < -0.4 is 10.2 Å². The van der Waals surface area contributed by atoms with E-state index in [9.17, 15) is 18.8 Å². The van der Waals surface area contributed by atoms with E-state index in [1.54, 1.807) is 24.3 Å². The number of rotatable bonds is 4. The lowest BCUT2D eigenvalue weighted by Crippen LogP contribution is -2.51. The van der Waals surface area contributed by atoms with E-state index < -0.39 is 35.0 Å². The number of Topliss-reactive ketones (excluding diaryl/α,β-unsaturated/α-hetero) is 2. The molecule has 0 bridgehead atoms. The molecule has 202 valence electrons. The Balaban J connectivity index is 1.55. The van der Waals surface area contributed by atoms with Gasteiger partial charge >= 0.3 is 0 Å². The Kier molecular flexibility index (Phi) is 5.73. The predicted molar refractivity (Wildman–Crippen MR) is 157 cm³/mol. The average molecular weight is 563 g/mol. The minimum Gasteiger partial charge on any atom is -0.352 e. The van der Waals surface area contributed by atoms with Gasteiger partial charge in [-0.05, 0) is 78.7 Å². The molecule has 4 atom stereocenters. The molecule has 0 aliphatic carbocycles. The molecule has 0 radical (unpaired) electrons. The lowest BCUT2D eigenvalue weighted by molar-refractivity contribution is -0.121. The van der Waals surface area contributed by atoms with Gasteiger partial charge in [0.2, 0.25) is 5.91 Å². The first-order valence-corrected chi connectivity index (χ1v) is 13.8. The number of allylic oxidation sites excluding steroid dienone is 1. The lowest BCUT2D eigenvalue weighted by Gasteiger charge is -2.39. The number of hydrogen-bond acceptors (Lipinski definition) is 4. The number of nitrogens with zero attached hydrogens (tertiary/aromatic N) is 1. The lowest BCUT2D eigenvalue weighted by atomic mass is 9.64. The maximum Gasteiger partial charge on any atom is 0.238 e. The van der Waals surface area contributed by atoms with Crippen molar-refractivity contribution >= 4 is 46.0 Å². The molecule has 0 unspecified atom stereocenters. The number of benzene rings is 4. The van der Waals surface area contributed by atoms with Crippen molar-refractivity contribution in [1.82, 2.24) is 0 Å². The highest BCUT2D eigenvalue weighted by Crippen LogP contribution is 2.58. The maximum absolute atomic E-state index is 14.7. The second-order valence-electron chi connectivity index (χ2n) is 10.8. The number of carbonyl (C=O) groups is 3. The van der Waals surface area contributed by atoms with Gasteiger partial charge in [-0.15, -0.1) is 0 Å². The van der Waals surface area contributed by atoms with Gasteiger partial charge < -0.3 is 10.2 Å². The van der Waals surface area contributed by atoms with E-state index >= 15 is 0 Å². The zero-order valence-corrected chi connectivity index (χ0v) is 22.7. The average Bonchev–Trinajstić information content (AvgIpc) is 3.45. The molecule has 1 N–H and O–H groups in total. The fourth-order valence-corrected chi connectivity index (χ4v) is 7.09. The number of halogens is 2. The Morgan fingerprint density at radius 3 is 2.24 bits per heavy atom. The summed E-state index contributed by atoms with van der Waals surface area (Å²) < 4.78 is 13.9. The summed E-state index contributed by atoms with van der Waals surface area (Å²) in [6.07, 6.45) is 2.00. The van der Waals surface area contributed by atoms with Crippen molar-refractivity contribution in [1.29, 1.82) is 0 Å². The Morgan fingerprint density at radius 2 is 1.49 bits per heavy atom. The summed E-state index contributed by atoms with van der Waals surface area (Å²) in [6.45, 7) is 1.98. The third kappa shape index (κ3) is 3.57. The first-order valence-electron chi connectivity index (χ1n) is 13.4. The van der Waals surface area contributed by atoms with Gasteiger partial charge in [-0.25, -0.2) is 4.39 Å². The molecule has 1 spiro atoms. The number of fused-ring (bicyclic) bond motifs is 6. The standard InChI is InChI=1S/C34H24ClFN2O3/c1-19-18-28-34(25-7-3-4-8-26(25)37-33(34)41)29(31(39)20-12-16-23(36)17-13-20)30(32(40)21-10-14-22(35)15-11-21)38(28)27-9-5-2-6-24(19)27/h2-18,28-30H,1H3,(H,37,41)/t28-,29-,30-,34-/m0/s1. The number of anilines is 2. The fraction of sp³-hybridized carbons (Fsp3) is 0.147. The monoisotopic (exact) mass is 562 g/mol. The Hall–Kier alpha value is -4.55. The van der Waals surface area contributed by atoms with Crippen molar-refractivity contribution in [3.8, 4) is 0 Å². The summed E-state index contributed by atoms with van der Waals surface area (Å²) in [5, 5.41) is 3.50. The van der Waals surface area contributed by atoms with Crippen LogP contribution in [-0.4, -0.2) is 29.6 Å². The number of amides is 1. The molecular weight excluding hydrogens is 539 g/mol. The molecule has 0 aromatic heterocycles. The van der Waals surface area contributed by atoms with Gasteiger partial charge in [0.05, 0.1) is 12.0 Å². The first kappa shape index (κ1) is 25.4. The molecular formula is C34H24ClFN2O3. The van der Waals surface area contributed by atoms with Gasteiger partial charge in [-0.1, -0.05) is 54.1 Å². The van der Waals surface area contributed by atoms with E-state index in [4.69, 9.17) is 11.6 Å². The molecule has 4 aromatic carbocycles. The maximum atomic E-state index is 14.7. The molecule has 1 amide bonds. The SMILES string of the molecule is CC1=C[C@@H]2N(c3ccccc31)[C@H](C(=O)c1ccc(Cl)cc1)[C@@H](C(=O)c1ccc(F)cc1)[C@@]21C(=O)Nc2ccccc21. The second-order valence-corrected chi connectivity index (χ2v) is 11.2. The number of carbonyl (C=O) groups excluding carboxylic acids is 3. The number of hydrogen-bond donors (Lipinski definition) is 1. The van der Waals surface area contributed by atoms with Crippen LogP contribution in [0.3, 0.4) is 0 Å². The summed E-state index contributed by atoms with van der Waals surface area (Å²) in [5.74, 6) is -2.65. The largest absolute Gasteiger partial charge is 0.352 e. The van der Waals surface area contributed by atoms with Crippen LogP contribution in [0, 0.1) is 11.7 Å². The van der Waals surface area contributed by atoms with Crippen LogP contribution in [0.25, 0.3) is 5.57 Å². The highest BCUT2D eigenvalue weighted by Gasteiger charge is 2.70. The summed E-state index contributed by atoms with van der Waals surface area (Å²) in [4.78, 5) is 45.6. The van der Waals surface area contributed by atoms with E-state index in [1.165, 1.54) is 24.3 Å². The smallest absolute Gasteiger partial charge is 0.238 e. The van der Waals surface area contributed by atoms with Crippen molar-refractivity contribution in [2.45, 2.75) is 24.4 Å². The van der Waals surface area contributed by atoms with Crippen molar-refractivity contribution < 1.29 is 18.8 Å². The minimum atomic E-state index is -1.43. The molecule has 0 saturated carbocycles. The third-order valence-electron chi connectivity index (χ3n) is 8.69. The molecule has 3 aliphatic rings. The first-order chi connectivity index (χ1) is 19.8. The fourth-order valence-electron chi connectivity index (χ4n) is 6.97. The van der Waals surface area contributed by atoms with Crippen molar-refractivity contribution in [3.63, 3.8) is 0 Å². The van der Waals surface area contributed by atoms with Crippen LogP contribution in [0.4, 0.5) is 15.8 Å². The summed E-state index contributed by atoms with van der Waals surface area (Å²) >= 11 is 6.15. The zero-order chi connectivity index (χ0) is 28.5. The van der Waals surface area contributed by atoms with Crippen molar-refractivity contribution in [2.75, 3.05) is 10.2 Å². The van der Waals surface area contributed by atoms with Gasteiger partial charge in [0, 0.05) is 33.1 Å². The molecule has 5 nitrogen and oxygen atoms in total. The summed E-state index contributed by atoms with van der Waals surface area (Å²) in [6, 6.07) is 25.2. The van der Waals surface area contributed by atoms with E-state index in [0.717, 1.165) is 16.8 Å². The summed E-state index contributed by atoms with van der Waals surface area (Å²) in [5.41, 5.74) is 3.10. The van der Waals surface area contributed by atoms with Crippen LogP contribution in [0.5, 0.6) is 0 Å². The Bertz CT molecular complexity index is 1780. The van der Waals surface area contributed by atoms with Gasteiger partial charge in [0.15, 0.2) is 11.6 Å². The zero-order valence-electron chi connectivity index (χ0n) is 22.0. The molecule has 41 heavy (non-hydrogen) atoms. The topological polar surface area (TPSA) is 66.5 Å². The highest BCUT2D eigenvalue weighted by molar-refractivity contribution is 6.30. The molecule has 7 heteroatoms. The van der Waals surface area contributed by atoms with Gasteiger partial charge in [-0.2, -0.15) is 0 Å². The van der Waals surface area contributed by atoms with Crippen LogP contribution in [0.15, 0.2) is 103 Å². The van der Waals surface area contributed by atoms with Gasteiger partial charge in [0.1, 0.15) is 17.3 Å². The quantitative estimate of drug-likeness (QED) is 0.280. The molecule has 7 rings (SSSR count). The Labute approximate surface area is 241 Å². The number of nitrogens with one attached hydrogen (secondary N) is 1. The van der Waals surface area contributed by atoms with Gasteiger partial charge in [0.25, 0.3) is 0 Å². The second kappa shape index (κ2) is 9.25. The minimum absolute atomic E-state index is 0.232. The van der Waals surface area contributed by atoms with Gasteiger partial charge in [-0.3, -0.25) is 14.4 Å². The van der Waals surface area contributed by atoms with Crippen molar-refractivity contribution in [3.05, 3.63) is 136 Å². The predicted octanol–water partition coefficient (Wildman–Crippen LogP) is 6.73. The van der Waals surface area contributed by atoms with Crippen LogP contribution in [-0.2, 0) is 10.2 Å². The van der Waals surface area contributed by atoms with E-state index in [1.807, 2.05) is 66.4 Å². The normalized spacial score (nSPS) is 23.9. The molecule has 3 heterocycles. The Morgan fingerprint density at radius 1 is 0.854 bits per heavy atom. The molecule has 1 fully saturated rings.